The van der Waals surface area contributed by atoms with Crippen LogP contribution < -0.4 is 14.8 Å². The van der Waals surface area contributed by atoms with Crippen molar-refractivity contribution in [3.8, 4) is 11.5 Å². The van der Waals surface area contributed by atoms with Gasteiger partial charge in [-0.1, -0.05) is 12.1 Å². The lowest BCUT2D eigenvalue weighted by Gasteiger charge is -2.08. The third kappa shape index (κ3) is 4.70. The lowest BCUT2D eigenvalue weighted by atomic mass is 10.3. The number of nitrogens with zero attached hydrogens (tertiary/aromatic N) is 1. The second-order valence-electron chi connectivity index (χ2n) is 4.52. The first-order valence-corrected chi connectivity index (χ1v) is 6.99. The van der Waals surface area contributed by atoms with Crippen LogP contribution in [-0.2, 0) is 4.79 Å². The van der Waals surface area contributed by atoms with Gasteiger partial charge in [0.2, 0.25) is 0 Å². The number of ether oxygens (including phenoxy) is 2. The fraction of sp³-hybridized carbons (Fsp3) is 0.188. The third-order valence-corrected chi connectivity index (χ3v) is 2.87. The molecule has 0 bridgehead atoms. The molecule has 0 aromatic heterocycles. The molecule has 0 spiro atoms. The van der Waals surface area contributed by atoms with Gasteiger partial charge >= 0.3 is 5.69 Å². The normalized spacial score (nSPS) is 9.96. The summed E-state index contributed by atoms with van der Waals surface area (Å²) in [7, 11) is 0. The summed E-state index contributed by atoms with van der Waals surface area (Å²) in [6.07, 6.45) is 0. The molecule has 1 amide bonds. The highest BCUT2D eigenvalue weighted by molar-refractivity contribution is 5.91. The molecular weight excluding hydrogens is 300 g/mol. The third-order valence-electron chi connectivity index (χ3n) is 2.87. The molecule has 2 aromatic carbocycles. The van der Waals surface area contributed by atoms with Crippen LogP contribution in [-0.4, -0.2) is 24.0 Å². The molecule has 23 heavy (non-hydrogen) atoms. The van der Waals surface area contributed by atoms with Crippen LogP contribution in [0.5, 0.6) is 11.5 Å². The average Bonchev–Trinajstić information content (AvgIpc) is 2.55. The highest BCUT2D eigenvalue weighted by atomic mass is 16.6. The van der Waals surface area contributed by atoms with Crippen LogP contribution in [0.1, 0.15) is 6.92 Å². The van der Waals surface area contributed by atoms with Crippen molar-refractivity contribution in [2.24, 2.45) is 0 Å². The zero-order valence-electron chi connectivity index (χ0n) is 12.5. The molecule has 1 N–H and O–H groups in total. The monoisotopic (exact) mass is 316 g/mol. The van der Waals surface area contributed by atoms with Gasteiger partial charge in [0.05, 0.1) is 11.5 Å². The number of anilines is 1. The van der Waals surface area contributed by atoms with E-state index in [1.807, 2.05) is 6.92 Å². The van der Waals surface area contributed by atoms with Gasteiger partial charge in [-0.2, -0.15) is 0 Å². The summed E-state index contributed by atoms with van der Waals surface area (Å²) in [5.74, 6) is 0.355. The van der Waals surface area contributed by atoms with E-state index in [9.17, 15) is 14.9 Å². The summed E-state index contributed by atoms with van der Waals surface area (Å²) in [4.78, 5) is 22.1. The van der Waals surface area contributed by atoms with Gasteiger partial charge in [-0.25, -0.2) is 0 Å². The van der Waals surface area contributed by atoms with E-state index in [-0.39, 0.29) is 18.0 Å². The number of nitrogens with one attached hydrogen (secondary N) is 1. The fourth-order valence-corrected chi connectivity index (χ4v) is 1.87. The number of para-hydroxylation sites is 2. The summed E-state index contributed by atoms with van der Waals surface area (Å²) < 4.78 is 10.5. The Morgan fingerprint density at radius 1 is 1.13 bits per heavy atom. The Morgan fingerprint density at radius 3 is 2.48 bits per heavy atom. The predicted octanol–water partition coefficient (Wildman–Crippen LogP) is 3.01. The fourth-order valence-electron chi connectivity index (χ4n) is 1.87. The van der Waals surface area contributed by atoms with E-state index in [0.717, 1.165) is 0 Å². The van der Waals surface area contributed by atoms with Crippen molar-refractivity contribution in [3.05, 3.63) is 58.6 Å². The number of nitro groups is 1. The molecule has 0 aliphatic heterocycles. The van der Waals surface area contributed by atoms with Crippen molar-refractivity contribution in [1.82, 2.24) is 0 Å². The van der Waals surface area contributed by atoms with Crippen molar-refractivity contribution in [2.75, 3.05) is 18.5 Å². The summed E-state index contributed by atoms with van der Waals surface area (Å²) >= 11 is 0. The molecule has 0 saturated carbocycles. The topological polar surface area (TPSA) is 90.7 Å². The molecule has 120 valence electrons. The number of hydrogen-bond donors (Lipinski definition) is 1. The van der Waals surface area contributed by atoms with E-state index >= 15 is 0 Å². The lowest BCUT2D eigenvalue weighted by molar-refractivity contribution is -0.385. The van der Waals surface area contributed by atoms with Gasteiger partial charge in [-0.15, -0.1) is 0 Å². The van der Waals surface area contributed by atoms with E-state index in [1.165, 1.54) is 18.2 Å². The Kier molecular flexibility index (Phi) is 5.51. The van der Waals surface area contributed by atoms with Gasteiger partial charge in [-0.05, 0) is 37.3 Å². The second kappa shape index (κ2) is 7.79. The Balaban J connectivity index is 1.91. The highest BCUT2D eigenvalue weighted by Crippen LogP contribution is 2.25. The zero-order chi connectivity index (χ0) is 16.7. The van der Waals surface area contributed by atoms with E-state index < -0.39 is 10.8 Å². The maximum Gasteiger partial charge on any atom is 0.310 e. The predicted molar refractivity (Wildman–Crippen MR) is 84.8 cm³/mol. The molecule has 0 heterocycles. The minimum atomic E-state index is -0.556. The van der Waals surface area contributed by atoms with Crippen molar-refractivity contribution >= 4 is 17.3 Å². The number of carbonyl (C=O) groups is 1. The number of rotatable bonds is 7. The first-order valence-electron chi connectivity index (χ1n) is 6.99. The van der Waals surface area contributed by atoms with Crippen LogP contribution in [0, 0.1) is 10.1 Å². The zero-order valence-corrected chi connectivity index (χ0v) is 12.5. The Hall–Kier alpha value is -3.09. The molecular formula is C16H16N2O5. The van der Waals surface area contributed by atoms with Gasteiger partial charge in [0.15, 0.2) is 12.4 Å². The lowest BCUT2D eigenvalue weighted by Crippen LogP contribution is -2.20. The van der Waals surface area contributed by atoms with Crippen LogP contribution in [0.3, 0.4) is 0 Å². The molecule has 0 aliphatic carbocycles. The quantitative estimate of drug-likeness (QED) is 0.626. The smallest absolute Gasteiger partial charge is 0.310 e. The van der Waals surface area contributed by atoms with E-state index in [4.69, 9.17) is 9.47 Å². The van der Waals surface area contributed by atoms with Crippen LogP contribution in [0.15, 0.2) is 48.5 Å². The van der Waals surface area contributed by atoms with E-state index in [0.29, 0.717) is 18.0 Å². The van der Waals surface area contributed by atoms with Gasteiger partial charge in [0, 0.05) is 11.8 Å². The largest absolute Gasteiger partial charge is 0.494 e. The molecule has 0 fully saturated rings. The summed E-state index contributed by atoms with van der Waals surface area (Å²) in [6, 6.07) is 12.8. The molecule has 0 unspecified atom stereocenters. The van der Waals surface area contributed by atoms with Gasteiger partial charge in [0.25, 0.3) is 5.91 Å². The number of nitro benzene ring substituents is 1. The summed E-state index contributed by atoms with van der Waals surface area (Å²) in [6.45, 7) is 2.13. The van der Waals surface area contributed by atoms with Crippen LogP contribution in [0.25, 0.3) is 0 Å². The number of amides is 1. The minimum Gasteiger partial charge on any atom is -0.494 e. The van der Waals surface area contributed by atoms with Crippen molar-refractivity contribution in [2.45, 2.75) is 6.92 Å². The molecule has 7 heteroatoms. The summed E-state index contributed by atoms with van der Waals surface area (Å²) in [5.41, 5.74) is 0.408. The number of hydrogen-bond acceptors (Lipinski definition) is 5. The van der Waals surface area contributed by atoms with Gasteiger partial charge in [-0.3, -0.25) is 14.9 Å². The summed E-state index contributed by atoms with van der Waals surface area (Å²) in [5, 5.41) is 13.5. The Bertz CT molecular complexity index is 685. The highest BCUT2D eigenvalue weighted by Gasteiger charge is 2.14. The standard InChI is InChI=1S/C16H16N2O5/c1-2-22-13-9-7-12(8-10-13)17-16(19)11-23-15-6-4-3-5-14(15)18(20)21/h3-10H,2,11H2,1H3,(H,17,19). The van der Waals surface area contributed by atoms with Crippen molar-refractivity contribution < 1.29 is 19.2 Å². The Labute approximate surface area is 133 Å². The van der Waals surface area contributed by atoms with Crippen LogP contribution in [0.2, 0.25) is 0 Å². The molecule has 0 radical (unpaired) electrons. The molecule has 7 nitrogen and oxygen atoms in total. The molecule has 0 aliphatic rings. The Morgan fingerprint density at radius 2 is 1.83 bits per heavy atom. The van der Waals surface area contributed by atoms with Gasteiger partial charge in [0.1, 0.15) is 5.75 Å². The van der Waals surface area contributed by atoms with E-state index in [2.05, 4.69) is 5.32 Å². The van der Waals surface area contributed by atoms with Crippen LogP contribution in [0.4, 0.5) is 11.4 Å². The molecule has 2 rings (SSSR count). The molecule has 0 atom stereocenters. The van der Waals surface area contributed by atoms with Crippen molar-refractivity contribution in [1.29, 1.82) is 0 Å². The van der Waals surface area contributed by atoms with E-state index in [1.54, 1.807) is 30.3 Å². The van der Waals surface area contributed by atoms with Crippen LogP contribution >= 0.6 is 0 Å². The minimum absolute atomic E-state index is 0.0549. The maximum absolute atomic E-state index is 11.8. The first-order chi connectivity index (χ1) is 11.1. The SMILES string of the molecule is CCOc1ccc(NC(=O)COc2ccccc2[N+](=O)[O-])cc1. The average molecular weight is 316 g/mol. The van der Waals surface area contributed by atoms with Gasteiger partial charge < -0.3 is 14.8 Å². The molecule has 2 aromatic rings. The maximum atomic E-state index is 11.8. The van der Waals surface area contributed by atoms with Crippen molar-refractivity contribution in [3.63, 3.8) is 0 Å². The second-order valence-corrected chi connectivity index (χ2v) is 4.52. The number of benzene rings is 2. The molecule has 0 saturated heterocycles. The number of carbonyl (C=O) groups excluding carboxylic acids is 1. The first kappa shape index (κ1) is 16.3.